The zero-order valence-corrected chi connectivity index (χ0v) is 11.7. The summed E-state index contributed by atoms with van der Waals surface area (Å²) in [5.41, 5.74) is 1.19. The molecule has 2 saturated heterocycles. The molecule has 2 N–H and O–H groups in total. The maximum Gasteiger partial charge on any atom is 0.335 e. The molecule has 0 spiro atoms. The van der Waals surface area contributed by atoms with E-state index in [2.05, 4.69) is 5.32 Å². The summed E-state index contributed by atoms with van der Waals surface area (Å²) < 4.78 is 5.69. The highest BCUT2D eigenvalue weighted by Gasteiger charge is 2.44. The van der Waals surface area contributed by atoms with Crippen molar-refractivity contribution in [3.05, 3.63) is 35.4 Å². The maximum absolute atomic E-state index is 12.1. The summed E-state index contributed by atoms with van der Waals surface area (Å²) in [6.07, 6.45) is 3.92. The molecule has 0 radical (unpaired) electrons. The fraction of sp³-hybridized carbons (Fsp3) is 0.500. The third-order valence-corrected chi connectivity index (χ3v) is 4.33. The van der Waals surface area contributed by atoms with E-state index in [1.807, 2.05) is 6.07 Å². The van der Waals surface area contributed by atoms with Gasteiger partial charge in [0.25, 0.3) is 0 Å². The van der Waals surface area contributed by atoms with Gasteiger partial charge >= 0.3 is 5.97 Å². The van der Waals surface area contributed by atoms with Gasteiger partial charge in [-0.1, -0.05) is 12.1 Å². The van der Waals surface area contributed by atoms with Gasteiger partial charge in [0, 0.05) is 6.54 Å². The fourth-order valence-electron chi connectivity index (χ4n) is 3.23. The van der Waals surface area contributed by atoms with Gasteiger partial charge in [-0.05, 0) is 43.4 Å². The Kier molecular flexibility index (Phi) is 3.92. The summed E-state index contributed by atoms with van der Waals surface area (Å²) in [6, 6.07) is 6.82. The molecule has 2 aliphatic rings. The third kappa shape index (κ3) is 3.08. The topological polar surface area (TPSA) is 75.6 Å². The van der Waals surface area contributed by atoms with Gasteiger partial charge < -0.3 is 15.2 Å². The van der Waals surface area contributed by atoms with E-state index in [-0.39, 0.29) is 29.6 Å². The average molecular weight is 289 g/mol. The monoisotopic (exact) mass is 289 g/mol. The number of carbonyl (C=O) groups is 2. The Labute approximate surface area is 123 Å². The van der Waals surface area contributed by atoms with Crippen LogP contribution in [-0.4, -0.2) is 35.7 Å². The van der Waals surface area contributed by atoms with Gasteiger partial charge in [-0.15, -0.1) is 0 Å². The largest absolute Gasteiger partial charge is 0.478 e. The first-order valence-corrected chi connectivity index (χ1v) is 7.39. The van der Waals surface area contributed by atoms with Crippen LogP contribution in [0.3, 0.4) is 0 Å². The first-order chi connectivity index (χ1) is 10.1. The predicted octanol–water partition coefficient (Wildman–Crippen LogP) is 1.61. The lowest BCUT2D eigenvalue weighted by Crippen LogP contribution is -2.37. The number of aromatic carboxylic acids is 1. The number of ether oxygens (including phenoxy) is 1. The molecule has 21 heavy (non-hydrogen) atoms. The zero-order chi connectivity index (χ0) is 14.8. The standard InChI is InChI=1S/C16H19NO4/c18-15(13-9-12-4-5-14(13)21-12)17-7-6-10-2-1-3-11(8-10)16(19)20/h1-3,8,12-14H,4-7,9H2,(H,17,18)(H,19,20)/t12-,13+,14-/m1/s1. The molecule has 2 fully saturated rings. The maximum atomic E-state index is 12.1. The molecule has 112 valence electrons. The van der Waals surface area contributed by atoms with Gasteiger partial charge in [0.1, 0.15) is 0 Å². The highest BCUT2D eigenvalue weighted by atomic mass is 16.5. The van der Waals surface area contributed by atoms with Crippen molar-refractivity contribution in [2.75, 3.05) is 6.54 Å². The lowest BCUT2D eigenvalue weighted by Gasteiger charge is -2.17. The number of carboxylic acid groups (broad SMARTS) is 1. The molecule has 2 aliphatic heterocycles. The van der Waals surface area contributed by atoms with Crippen LogP contribution in [0, 0.1) is 5.92 Å². The van der Waals surface area contributed by atoms with Crippen LogP contribution in [-0.2, 0) is 16.0 Å². The summed E-state index contributed by atoms with van der Waals surface area (Å²) in [6.45, 7) is 0.524. The SMILES string of the molecule is O=C(O)c1cccc(CCNC(=O)[C@H]2C[C@H]3CC[C@H]2O3)c1. The average Bonchev–Trinajstić information content (AvgIpc) is 3.10. The van der Waals surface area contributed by atoms with Crippen molar-refractivity contribution in [3.8, 4) is 0 Å². The Morgan fingerprint density at radius 2 is 2.19 bits per heavy atom. The van der Waals surface area contributed by atoms with E-state index in [0.29, 0.717) is 13.0 Å². The Morgan fingerprint density at radius 1 is 1.33 bits per heavy atom. The molecule has 3 atom stereocenters. The van der Waals surface area contributed by atoms with Crippen molar-refractivity contribution < 1.29 is 19.4 Å². The molecular weight excluding hydrogens is 270 g/mol. The number of hydrogen-bond donors (Lipinski definition) is 2. The number of hydrogen-bond acceptors (Lipinski definition) is 3. The number of benzene rings is 1. The molecule has 2 heterocycles. The van der Waals surface area contributed by atoms with Crippen LogP contribution in [0.15, 0.2) is 24.3 Å². The van der Waals surface area contributed by atoms with E-state index < -0.39 is 5.97 Å². The number of amides is 1. The number of nitrogens with one attached hydrogen (secondary N) is 1. The van der Waals surface area contributed by atoms with Crippen LogP contribution >= 0.6 is 0 Å². The van der Waals surface area contributed by atoms with Crippen LogP contribution in [0.4, 0.5) is 0 Å². The van der Waals surface area contributed by atoms with Gasteiger partial charge in [-0.2, -0.15) is 0 Å². The molecule has 2 bridgehead atoms. The Balaban J connectivity index is 1.49. The minimum atomic E-state index is -0.931. The molecular formula is C16H19NO4. The van der Waals surface area contributed by atoms with Crippen molar-refractivity contribution >= 4 is 11.9 Å². The molecule has 0 saturated carbocycles. The molecule has 3 rings (SSSR count). The van der Waals surface area contributed by atoms with Gasteiger partial charge in [0.05, 0.1) is 23.7 Å². The van der Waals surface area contributed by atoms with E-state index in [4.69, 9.17) is 9.84 Å². The Bertz CT molecular complexity index is 557. The highest BCUT2D eigenvalue weighted by molar-refractivity contribution is 5.87. The summed E-state index contributed by atoms with van der Waals surface area (Å²) in [4.78, 5) is 23.0. The van der Waals surface area contributed by atoms with Crippen LogP contribution in [0.1, 0.15) is 35.2 Å². The van der Waals surface area contributed by atoms with E-state index in [1.54, 1.807) is 18.2 Å². The third-order valence-electron chi connectivity index (χ3n) is 4.33. The van der Waals surface area contributed by atoms with Crippen molar-refractivity contribution in [2.45, 2.75) is 37.9 Å². The summed E-state index contributed by atoms with van der Waals surface area (Å²) in [7, 11) is 0. The quantitative estimate of drug-likeness (QED) is 0.863. The molecule has 0 aromatic heterocycles. The van der Waals surface area contributed by atoms with E-state index in [0.717, 1.165) is 24.8 Å². The predicted molar refractivity (Wildman–Crippen MR) is 76.1 cm³/mol. The molecule has 1 aromatic rings. The van der Waals surface area contributed by atoms with Crippen molar-refractivity contribution in [1.29, 1.82) is 0 Å². The van der Waals surface area contributed by atoms with E-state index in [9.17, 15) is 9.59 Å². The first kappa shape index (κ1) is 14.1. The second kappa shape index (κ2) is 5.85. The molecule has 0 unspecified atom stereocenters. The van der Waals surface area contributed by atoms with Gasteiger partial charge in [0.15, 0.2) is 0 Å². The van der Waals surface area contributed by atoms with Gasteiger partial charge in [-0.3, -0.25) is 4.79 Å². The zero-order valence-electron chi connectivity index (χ0n) is 11.7. The van der Waals surface area contributed by atoms with E-state index >= 15 is 0 Å². The molecule has 0 aliphatic carbocycles. The van der Waals surface area contributed by atoms with Crippen molar-refractivity contribution in [2.24, 2.45) is 5.92 Å². The minimum absolute atomic E-state index is 0.00546. The van der Waals surface area contributed by atoms with Crippen molar-refractivity contribution in [3.63, 3.8) is 0 Å². The lowest BCUT2D eigenvalue weighted by molar-refractivity contribution is -0.126. The molecule has 1 amide bonds. The van der Waals surface area contributed by atoms with E-state index in [1.165, 1.54) is 0 Å². The normalized spacial score (nSPS) is 26.8. The van der Waals surface area contributed by atoms with Gasteiger partial charge in [0.2, 0.25) is 5.91 Å². The Morgan fingerprint density at radius 3 is 2.86 bits per heavy atom. The summed E-state index contributed by atoms with van der Waals surface area (Å²) in [5, 5.41) is 11.9. The Hall–Kier alpha value is -1.88. The fourth-order valence-corrected chi connectivity index (χ4v) is 3.23. The summed E-state index contributed by atoms with van der Waals surface area (Å²) in [5.74, 6) is -0.870. The smallest absolute Gasteiger partial charge is 0.335 e. The number of rotatable bonds is 5. The number of carboxylic acids is 1. The minimum Gasteiger partial charge on any atom is -0.478 e. The number of fused-ring (bicyclic) bond motifs is 2. The number of carbonyl (C=O) groups excluding carboxylic acids is 1. The second-order valence-electron chi connectivity index (χ2n) is 5.76. The highest BCUT2D eigenvalue weighted by Crippen LogP contribution is 2.38. The van der Waals surface area contributed by atoms with Crippen LogP contribution in [0.2, 0.25) is 0 Å². The van der Waals surface area contributed by atoms with Crippen molar-refractivity contribution in [1.82, 2.24) is 5.32 Å². The molecule has 5 heteroatoms. The van der Waals surface area contributed by atoms with Crippen LogP contribution in [0.5, 0.6) is 0 Å². The van der Waals surface area contributed by atoms with Crippen LogP contribution < -0.4 is 5.32 Å². The van der Waals surface area contributed by atoms with Crippen LogP contribution in [0.25, 0.3) is 0 Å². The molecule has 1 aromatic carbocycles. The lowest BCUT2D eigenvalue weighted by atomic mass is 9.88. The molecule has 5 nitrogen and oxygen atoms in total. The van der Waals surface area contributed by atoms with Gasteiger partial charge in [-0.25, -0.2) is 4.79 Å². The first-order valence-electron chi connectivity index (χ1n) is 7.39. The summed E-state index contributed by atoms with van der Waals surface area (Å²) >= 11 is 0. The second-order valence-corrected chi connectivity index (χ2v) is 5.76.